The number of rotatable bonds is 42. The molecule has 0 fully saturated rings. The number of thiophene rings is 5. The Balaban J connectivity index is 0.000000164. The van der Waals surface area contributed by atoms with Crippen LogP contribution in [-0.4, -0.2) is 155 Å². The van der Waals surface area contributed by atoms with Gasteiger partial charge in [0, 0.05) is 141 Å². The molecule has 0 aliphatic carbocycles. The topological polar surface area (TPSA) is 440 Å². The zero-order chi connectivity index (χ0) is 106. The van der Waals surface area contributed by atoms with Gasteiger partial charge in [-0.3, -0.25) is 4.79 Å². The maximum Gasteiger partial charge on any atom is 0.335 e. The van der Waals surface area contributed by atoms with Crippen LogP contribution in [0.1, 0.15) is 131 Å². The molecule has 10 heterocycles. The van der Waals surface area contributed by atoms with Gasteiger partial charge >= 0.3 is 29.8 Å². The average molecular weight is 2090 g/mol. The minimum Gasteiger partial charge on any atom is -0.495 e. The lowest BCUT2D eigenvalue weighted by atomic mass is 10.1. The molecule has 10 N–H and O–H groups in total. The number of methoxy groups -OCH3 is 7. The van der Waals surface area contributed by atoms with E-state index in [1.807, 2.05) is 126 Å². The third kappa shape index (κ3) is 28.4. The number of nitrogens with one attached hydrogen (secondary N) is 5. The van der Waals surface area contributed by atoms with E-state index in [4.69, 9.17) is 88.2 Å². The molecule has 148 heavy (non-hydrogen) atoms. The van der Waals surface area contributed by atoms with Crippen molar-refractivity contribution in [1.29, 1.82) is 0 Å². The van der Waals surface area contributed by atoms with Crippen LogP contribution in [0, 0.1) is 6.92 Å². The Kier molecular flexibility index (Phi) is 39.4. The summed E-state index contributed by atoms with van der Waals surface area (Å²) >= 11 is 7.43. The van der Waals surface area contributed by atoms with E-state index in [1.165, 1.54) is 95.2 Å². The molecule has 0 unspecified atom stereocenters. The molecule has 16 rings (SSSR count). The molecule has 0 radical (unpaired) electrons. The fourth-order valence-corrected chi connectivity index (χ4v) is 18.7. The highest BCUT2D eigenvalue weighted by Gasteiger charge is 2.25. The smallest absolute Gasteiger partial charge is 0.335 e. The number of aromatic carboxylic acids is 4. The third-order valence-corrected chi connectivity index (χ3v) is 27.1. The van der Waals surface area contributed by atoms with Gasteiger partial charge in [-0.25, -0.2) is 69.0 Å². The Morgan fingerprint density at radius 2 is 0.628 bits per heavy atom. The van der Waals surface area contributed by atoms with Crippen molar-refractivity contribution < 1.29 is 82.7 Å². The van der Waals surface area contributed by atoms with Crippen LogP contribution in [0.15, 0.2) is 243 Å². The predicted octanol–water partition coefficient (Wildman–Crippen LogP) is 25.6. The number of carboxylic acid groups (broad SMARTS) is 5. The van der Waals surface area contributed by atoms with Crippen molar-refractivity contribution in [2.24, 2.45) is 0 Å². The van der Waals surface area contributed by atoms with Gasteiger partial charge in [0.2, 0.25) is 0 Å². The van der Waals surface area contributed by atoms with E-state index in [9.17, 15) is 39.3 Å². The highest BCUT2D eigenvalue weighted by atomic mass is 32.1. The molecular weight excluding hydrogens is 1980 g/mol. The van der Waals surface area contributed by atoms with Crippen LogP contribution in [0.2, 0.25) is 0 Å². The van der Waals surface area contributed by atoms with Gasteiger partial charge in [-0.15, -0.1) is 78.2 Å². The van der Waals surface area contributed by atoms with Gasteiger partial charge in [0.1, 0.15) is 40.6 Å². The summed E-state index contributed by atoms with van der Waals surface area (Å²) in [5.41, 5.74) is 18.2. The standard InChI is InChI=1S/C25H23N3O3S.C22H23N3O4S.C22H23N3O3S.C21H21N3O4S.C21H21N3O3S/c1-4-6-20-21(5-2)27-23(18-13-22(31-3)32-14-18)28-24(20)26-19-10-9-15-11-17(25(29)30)8-7-16(15)12-19;1-5-7-15-16(6-2)23-20(14-11-19(29-4)30-12-14)25-21(15)24-17-9-8-13(22(26)27)10-18(17)28-3;1-4-6-17-18(5-2)24-21(15-12-20(28-3)29-13-15)25-22(17)23-16-9-7-14(8-10-16)11-19(26)27;1-5-6-14-12(2)22-20(17-9-10-18(28-4)29-17)24-19(14)23-15-8-7-13(21(25)26)11-16(15)27-3;1-4-6-16-17(5-2)23-19(14-11-18(27-3)28-12-14)24-20(16)22-15-9-7-13(8-10-15)21(25)26/h4,7-14H,1,5-6H2,2-3H3,(H,29,30)(H,26,27,28);5,8-12H,1,6-7H2,2-4H3,(H,26,27)(H,23,24,25);4,7-10,12-13H,1,5-6,11H2,2-3H3,(H,26,27)(H,23,24,25);5,7-11H,1,6H2,2-4H3,(H,25,26)(H,22,23,24);4,7-12H,1,5-6H2,2-3H3,(H,25,26)(H,22,23,24). The minimum atomic E-state index is -1.02. The molecule has 32 nitrogen and oxygen atoms in total. The first-order chi connectivity index (χ1) is 71.6. The zero-order valence-corrected chi connectivity index (χ0v) is 87.5. The normalized spacial score (nSPS) is 10.6. The number of carbonyl (C=O) groups is 5. The molecule has 0 atom stereocenters. The summed E-state index contributed by atoms with van der Waals surface area (Å²) in [6.45, 7) is 29.4. The molecule has 6 aromatic carbocycles. The Labute approximate surface area is 876 Å². The van der Waals surface area contributed by atoms with Crippen LogP contribution in [0.25, 0.3) is 67.0 Å². The molecular formula is C111H111N15O17S5. The van der Waals surface area contributed by atoms with E-state index < -0.39 is 29.8 Å². The fraction of sp³-hybridized carbons (Fsp3) is 0.198. The van der Waals surface area contributed by atoms with Gasteiger partial charge in [0.25, 0.3) is 0 Å². The van der Waals surface area contributed by atoms with Crippen molar-refractivity contribution in [2.75, 3.05) is 76.4 Å². The van der Waals surface area contributed by atoms with Crippen LogP contribution in [-0.2, 0) is 69.0 Å². The fourth-order valence-electron chi connectivity index (χ4n) is 15.1. The summed E-state index contributed by atoms with van der Waals surface area (Å²) in [4.78, 5) is 104. The Hall–Kier alpha value is -16.9. The number of hydrogen-bond acceptors (Lipinski definition) is 32. The number of fused-ring (bicyclic) bond motifs is 1. The number of nitrogens with zero attached hydrogens (tertiary/aromatic N) is 10. The number of carboxylic acids is 5. The van der Waals surface area contributed by atoms with Crippen molar-refractivity contribution in [1.82, 2.24) is 49.8 Å². The second-order valence-corrected chi connectivity index (χ2v) is 36.7. The number of aromatic nitrogens is 10. The number of ether oxygens (including phenoxy) is 7. The van der Waals surface area contributed by atoms with Crippen LogP contribution in [0.5, 0.6) is 36.8 Å². The summed E-state index contributed by atoms with van der Waals surface area (Å²) in [5.74, 6) is 2.49. The summed E-state index contributed by atoms with van der Waals surface area (Å²) in [6.07, 6.45) is 15.2. The van der Waals surface area contributed by atoms with Crippen molar-refractivity contribution in [3.8, 4) is 93.1 Å². The van der Waals surface area contributed by atoms with Crippen molar-refractivity contribution in [3.05, 3.63) is 327 Å². The van der Waals surface area contributed by atoms with E-state index in [0.29, 0.717) is 102 Å². The van der Waals surface area contributed by atoms with E-state index in [-0.39, 0.29) is 28.7 Å². The number of aliphatic carboxylic acids is 1. The van der Waals surface area contributed by atoms with Crippen LogP contribution in [0.3, 0.4) is 0 Å². The van der Waals surface area contributed by atoms with Gasteiger partial charge in [0.05, 0.1) is 94.7 Å². The first-order valence-electron chi connectivity index (χ1n) is 46.3. The number of anilines is 10. The monoisotopic (exact) mass is 2090 g/mol. The van der Waals surface area contributed by atoms with E-state index >= 15 is 0 Å². The maximum atomic E-state index is 11.3. The summed E-state index contributed by atoms with van der Waals surface area (Å²) in [7, 11) is 11.2. The summed E-state index contributed by atoms with van der Waals surface area (Å²) in [6, 6.07) is 45.6. The highest BCUT2D eigenvalue weighted by molar-refractivity contribution is 7.17. The second-order valence-electron chi connectivity index (χ2n) is 32.2. The van der Waals surface area contributed by atoms with E-state index in [2.05, 4.69) is 85.2 Å². The third-order valence-electron chi connectivity index (χ3n) is 22.5. The van der Waals surface area contributed by atoms with E-state index in [0.717, 1.165) is 179 Å². The van der Waals surface area contributed by atoms with Crippen LogP contribution >= 0.6 is 56.7 Å². The van der Waals surface area contributed by atoms with Gasteiger partial charge in [-0.1, -0.05) is 93.7 Å². The Bertz CT molecular complexity index is 7480. The molecule has 0 aliphatic rings. The van der Waals surface area contributed by atoms with Gasteiger partial charge < -0.3 is 85.3 Å². The molecule has 0 amide bonds. The van der Waals surface area contributed by atoms with Crippen molar-refractivity contribution in [2.45, 2.75) is 98.8 Å². The Morgan fingerprint density at radius 1 is 0.318 bits per heavy atom. The van der Waals surface area contributed by atoms with E-state index in [1.54, 1.807) is 108 Å². The van der Waals surface area contributed by atoms with Gasteiger partial charge in [0.15, 0.2) is 54.4 Å². The second kappa shape index (κ2) is 53.1. The average Bonchev–Trinajstić information content (AvgIpc) is 1.34. The SMILES string of the molecule is C=CCc1c(C)nc(-c2ccc(OC)s2)nc1Nc1ccc(C(=O)O)cc1OC.C=CCc1c(CC)nc(-c2csc(OC)c2)nc1Nc1ccc(C(=O)O)cc1.C=CCc1c(CC)nc(-c2csc(OC)c2)nc1Nc1ccc(C(=O)O)cc1OC.C=CCc1c(CC)nc(-c2csc(OC)c2)nc1Nc1ccc(CC(=O)O)cc1.C=CCc1c(CC)nc(-c2csc(OC)c2)nc1Nc1ccc2cc(C(=O)O)ccc2c1. The Morgan fingerprint density at radius 3 is 0.966 bits per heavy atom. The summed E-state index contributed by atoms with van der Waals surface area (Å²) < 4.78 is 37.2. The van der Waals surface area contributed by atoms with Crippen LogP contribution in [0.4, 0.5) is 57.5 Å². The first-order valence-corrected chi connectivity index (χ1v) is 50.7. The van der Waals surface area contributed by atoms with Crippen LogP contribution < -0.4 is 59.7 Å². The number of hydrogen-bond donors (Lipinski definition) is 10. The number of allylic oxidation sites excluding steroid dienone is 5. The lowest BCUT2D eigenvalue weighted by Crippen LogP contribution is -2.08. The lowest BCUT2D eigenvalue weighted by molar-refractivity contribution is -0.136. The summed E-state index contributed by atoms with van der Waals surface area (Å²) in [5, 5.41) is 76.0. The molecule has 37 heteroatoms. The molecule has 0 bridgehead atoms. The minimum absolute atomic E-state index is 0.000376. The zero-order valence-electron chi connectivity index (χ0n) is 83.5. The molecule has 0 aliphatic heterocycles. The molecule has 0 spiro atoms. The quantitative estimate of drug-likeness (QED) is 0.0159. The first kappa shape index (κ1) is 110. The largest absolute Gasteiger partial charge is 0.495 e. The molecule has 0 saturated heterocycles. The number of aryl methyl sites for hydroxylation is 5. The van der Waals surface area contributed by atoms with Gasteiger partial charge in [-0.2, -0.15) is 0 Å². The molecule has 10 aromatic heterocycles. The molecule has 0 saturated carbocycles. The number of benzene rings is 6. The highest BCUT2D eigenvalue weighted by Crippen LogP contribution is 2.42. The van der Waals surface area contributed by atoms with Crippen molar-refractivity contribution >= 4 is 155 Å². The molecule has 762 valence electrons. The van der Waals surface area contributed by atoms with Crippen molar-refractivity contribution in [3.63, 3.8) is 0 Å². The molecule has 16 aromatic rings. The van der Waals surface area contributed by atoms with Gasteiger partial charge in [-0.05, 0) is 190 Å². The lowest BCUT2D eigenvalue weighted by Gasteiger charge is -2.17. The predicted molar refractivity (Wildman–Crippen MR) is 590 cm³/mol. The maximum absolute atomic E-state index is 11.3.